The maximum absolute atomic E-state index is 13.5. The number of nitrogens with one attached hydrogen (secondary N) is 1. The van der Waals surface area contributed by atoms with Crippen molar-refractivity contribution in [3.63, 3.8) is 0 Å². The highest BCUT2D eigenvalue weighted by molar-refractivity contribution is 5.29. The van der Waals surface area contributed by atoms with Gasteiger partial charge < -0.3 is 10.1 Å². The molecule has 0 aliphatic heterocycles. The van der Waals surface area contributed by atoms with Crippen LogP contribution in [0.4, 0.5) is 4.39 Å². The highest BCUT2D eigenvalue weighted by Crippen LogP contribution is 2.16. The normalized spacial score (nSPS) is 10.8. The first-order chi connectivity index (χ1) is 9.65. The predicted octanol–water partition coefficient (Wildman–Crippen LogP) is 3.90. The number of hydrogen-bond donors (Lipinski definition) is 1. The molecule has 0 aromatic heterocycles. The molecule has 20 heavy (non-hydrogen) atoms. The van der Waals surface area contributed by atoms with Crippen molar-refractivity contribution < 1.29 is 9.13 Å². The quantitative estimate of drug-likeness (QED) is 0.861. The van der Waals surface area contributed by atoms with Gasteiger partial charge in [-0.1, -0.05) is 44.2 Å². The van der Waals surface area contributed by atoms with Crippen LogP contribution in [0.15, 0.2) is 48.5 Å². The zero-order valence-electron chi connectivity index (χ0n) is 11.9. The second-order valence-electron chi connectivity index (χ2n) is 5.06. The lowest BCUT2D eigenvalue weighted by molar-refractivity contribution is 0.299. The van der Waals surface area contributed by atoms with Gasteiger partial charge in [-0.15, -0.1) is 0 Å². The second-order valence-corrected chi connectivity index (χ2v) is 5.06. The van der Waals surface area contributed by atoms with Crippen LogP contribution < -0.4 is 10.1 Å². The molecule has 0 radical (unpaired) electrons. The molecule has 2 nitrogen and oxygen atoms in total. The van der Waals surface area contributed by atoms with Gasteiger partial charge in [-0.2, -0.15) is 0 Å². The Labute approximate surface area is 119 Å². The largest absolute Gasteiger partial charge is 0.489 e. The fraction of sp³-hybridized carbons (Fsp3) is 0.294. The molecule has 0 unspecified atom stereocenters. The van der Waals surface area contributed by atoms with Gasteiger partial charge in [0.15, 0.2) is 0 Å². The summed E-state index contributed by atoms with van der Waals surface area (Å²) in [6, 6.07) is 15.0. The minimum Gasteiger partial charge on any atom is -0.489 e. The first-order valence-corrected chi connectivity index (χ1v) is 6.83. The van der Waals surface area contributed by atoms with Crippen molar-refractivity contribution in [3.8, 4) is 5.75 Å². The summed E-state index contributed by atoms with van der Waals surface area (Å²) in [7, 11) is 0. The number of ether oxygens (including phenoxy) is 1. The van der Waals surface area contributed by atoms with Gasteiger partial charge in [-0.3, -0.25) is 0 Å². The number of rotatable bonds is 6. The minimum atomic E-state index is -0.231. The average molecular weight is 273 g/mol. The van der Waals surface area contributed by atoms with E-state index in [1.54, 1.807) is 12.1 Å². The molecule has 0 fully saturated rings. The van der Waals surface area contributed by atoms with Crippen LogP contribution in [-0.2, 0) is 13.2 Å². The molecular formula is C17H20FNO. The molecule has 0 bridgehead atoms. The first-order valence-electron chi connectivity index (χ1n) is 6.83. The van der Waals surface area contributed by atoms with E-state index >= 15 is 0 Å². The topological polar surface area (TPSA) is 21.3 Å². The van der Waals surface area contributed by atoms with Crippen molar-refractivity contribution in [2.24, 2.45) is 0 Å². The Morgan fingerprint density at radius 1 is 1.10 bits per heavy atom. The molecule has 0 aliphatic carbocycles. The fourth-order valence-corrected chi connectivity index (χ4v) is 1.84. The molecule has 0 amide bonds. The third-order valence-electron chi connectivity index (χ3n) is 2.97. The summed E-state index contributed by atoms with van der Waals surface area (Å²) in [5.74, 6) is 0.529. The van der Waals surface area contributed by atoms with Crippen LogP contribution in [0.3, 0.4) is 0 Å². The summed E-state index contributed by atoms with van der Waals surface area (Å²) in [6.07, 6.45) is 0. The van der Waals surface area contributed by atoms with Crippen LogP contribution in [0, 0.1) is 5.82 Å². The van der Waals surface area contributed by atoms with Gasteiger partial charge in [0, 0.05) is 18.2 Å². The average Bonchev–Trinajstić information content (AvgIpc) is 2.45. The van der Waals surface area contributed by atoms with Crippen LogP contribution in [0.1, 0.15) is 25.0 Å². The number of hydrogen-bond acceptors (Lipinski definition) is 2. The van der Waals surface area contributed by atoms with Crippen LogP contribution in [0.2, 0.25) is 0 Å². The monoisotopic (exact) mass is 273 g/mol. The lowest BCUT2D eigenvalue weighted by Gasteiger charge is -2.11. The molecular weight excluding hydrogens is 253 g/mol. The summed E-state index contributed by atoms with van der Waals surface area (Å²) in [6.45, 7) is 5.26. The van der Waals surface area contributed by atoms with Gasteiger partial charge in [-0.25, -0.2) is 4.39 Å². The first kappa shape index (κ1) is 14.5. The van der Waals surface area contributed by atoms with E-state index < -0.39 is 0 Å². The van der Waals surface area contributed by atoms with Crippen molar-refractivity contribution in [1.29, 1.82) is 0 Å². The molecule has 1 N–H and O–H groups in total. The van der Waals surface area contributed by atoms with Gasteiger partial charge in [0.1, 0.15) is 18.2 Å². The predicted molar refractivity (Wildman–Crippen MR) is 79.1 cm³/mol. The summed E-state index contributed by atoms with van der Waals surface area (Å²) in [4.78, 5) is 0. The summed E-state index contributed by atoms with van der Waals surface area (Å²) in [5.41, 5.74) is 1.72. The van der Waals surface area contributed by atoms with Crippen molar-refractivity contribution in [3.05, 3.63) is 65.5 Å². The molecule has 106 valence electrons. The SMILES string of the molecule is CC(C)NCc1cccc(OCc2ccccc2F)c1. The number of benzene rings is 2. The second kappa shape index (κ2) is 7.06. The molecule has 0 atom stereocenters. The van der Waals surface area contributed by atoms with E-state index in [0.29, 0.717) is 11.6 Å². The summed E-state index contributed by atoms with van der Waals surface area (Å²) in [5, 5.41) is 3.36. The Hall–Kier alpha value is -1.87. The Morgan fingerprint density at radius 3 is 2.65 bits per heavy atom. The maximum atomic E-state index is 13.5. The fourth-order valence-electron chi connectivity index (χ4n) is 1.84. The van der Waals surface area contributed by atoms with Gasteiger partial charge >= 0.3 is 0 Å². The van der Waals surface area contributed by atoms with Crippen LogP contribution in [0.5, 0.6) is 5.75 Å². The van der Waals surface area contributed by atoms with E-state index in [1.165, 1.54) is 6.07 Å². The Morgan fingerprint density at radius 2 is 1.90 bits per heavy atom. The molecule has 0 saturated heterocycles. The van der Waals surface area contributed by atoms with E-state index in [1.807, 2.05) is 30.3 Å². The molecule has 2 aromatic carbocycles. The van der Waals surface area contributed by atoms with Gasteiger partial charge in [0.25, 0.3) is 0 Å². The van der Waals surface area contributed by atoms with Crippen molar-refractivity contribution in [2.45, 2.75) is 33.0 Å². The van der Waals surface area contributed by atoms with E-state index in [2.05, 4.69) is 19.2 Å². The Kier molecular flexibility index (Phi) is 5.13. The van der Waals surface area contributed by atoms with Crippen LogP contribution in [-0.4, -0.2) is 6.04 Å². The smallest absolute Gasteiger partial charge is 0.129 e. The third kappa shape index (κ3) is 4.35. The molecule has 3 heteroatoms. The zero-order valence-corrected chi connectivity index (χ0v) is 11.9. The van der Waals surface area contributed by atoms with Crippen LogP contribution >= 0.6 is 0 Å². The van der Waals surface area contributed by atoms with Crippen molar-refractivity contribution in [2.75, 3.05) is 0 Å². The molecule has 2 aromatic rings. The van der Waals surface area contributed by atoms with Gasteiger partial charge in [0.2, 0.25) is 0 Å². The Bertz CT molecular complexity index is 554. The van der Waals surface area contributed by atoms with Crippen molar-refractivity contribution >= 4 is 0 Å². The van der Waals surface area contributed by atoms with Crippen molar-refractivity contribution in [1.82, 2.24) is 5.32 Å². The van der Waals surface area contributed by atoms with E-state index in [-0.39, 0.29) is 12.4 Å². The molecule has 0 aliphatic rings. The molecule has 2 rings (SSSR count). The van der Waals surface area contributed by atoms with E-state index in [4.69, 9.17) is 4.74 Å². The molecule has 0 saturated carbocycles. The van der Waals surface area contributed by atoms with E-state index in [9.17, 15) is 4.39 Å². The zero-order chi connectivity index (χ0) is 14.4. The standard InChI is InChI=1S/C17H20FNO/c1-13(2)19-11-14-6-5-8-16(10-14)20-12-15-7-3-4-9-17(15)18/h3-10,13,19H,11-12H2,1-2H3. The Balaban J connectivity index is 1.96. The highest BCUT2D eigenvalue weighted by atomic mass is 19.1. The lowest BCUT2D eigenvalue weighted by atomic mass is 10.2. The third-order valence-corrected chi connectivity index (χ3v) is 2.97. The number of halogens is 1. The molecule has 0 heterocycles. The maximum Gasteiger partial charge on any atom is 0.129 e. The lowest BCUT2D eigenvalue weighted by Crippen LogP contribution is -2.21. The van der Waals surface area contributed by atoms with E-state index in [0.717, 1.165) is 17.9 Å². The highest BCUT2D eigenvalue weighted by Gasteiger charge is 2.03. The minimum absolute atomic E-state index is 0.231. The molecule has 0 spiro atoms. The van der Waals surface area contributed by atoms with Gasteiger partial charge in [-0.05, 0) is 23.8 Å². The van der Waals surface area contributed by atoms with Crippen LogP contribution in [0.25, 0.3) is 0 Å². The summed E-state index contributed by atoms with van der Waals surface area (Å²) < 4.78 is 19.1. The summed E-state index contributed by atoms with van der Waals surface area (Å²) >= 11 is 0. The van der Waals surface area contributed by atoms with Gasteiger partial charge in [0.05, 0.1) is 0 Å².